The van der Waals surface area contributed by atoms with Crippen molar-refractivity contribution in [1.82, 2.24) is 9.97 Å². The maximum Gasteiger partial charge on any atom is 0.417 e. The molecule has 0 saturated heterocycles. The second-order valence-electron chi connectivity index (χ2n) is 10.3. The van der Waals surface area contributed by atoms with Crippen LogP contribution in [-0.2, 0) is 25.7 Å². The number of pyridine rings is 2. The van der Waals surface area contributed by atoms with Gasteiger partial charge in [-0.05, 0) is 34.4 Å². The number of phenolic OH excluding ortho intramolecular Hbond substituents is 2. The summed E-state index contributed by atoms with van der Waals surface area (Å²) in [5.74, 6) is 0.0309. The molecule has 0 atom stereocenters. The average molecular weight is 785 g/mol. The Balaban J connectivity index is 0.000000191. The Hall–Kier alpha value is -4.74. The van der Waals surface area contributed by atoms with E-state index in [9.17, 15) is 23.4 Å². The summed E-state index contributed by atoms with van der Waals surface area (Å²) >= 11 is 17.7. The van der Waals surface area contributed by atoms with E-state index in [0.717, 1.165) is 27.6 Å². The fraction of sp³-hybridized carbons (Fsp3) is 0.0286. The Labute approximate surface area is 309 Å². The zero-order chi connectivity index (χ0) is 34.7. The van der Waals surface area contributed by atoms with Gasteiger partial charge in [0.25, 0.3) is 0 Å². The van der Waals surface area contributed by atoms with Crippen LogP contribution < -0.4 is 0 Å². The Bertz CT molecular complexity index is 2430. The van der Waals surface area contributed by atoms with Crippen LogP contribution in [0.4, 0.5) is 36.2 Å². The molecule has 0 bridgehead atoms. The van der Waals surface area contributed by atoms with Crippen LogP contribution in [0.15, 0.2) is 130 Å². The average Bonchev–Trinajstić information content (AvgIpc) is 3.09. The molecule has 246 valence electrons. The minimum atomic E-state index is -4.54. The number of nitrogens with zero attached hydrogens (tertiary/aromatic N) is 6. The number of hydrogen-bond donors (Lipinski definition) is 2. The molecule has 15 heteroatoms. The van der Waals surface area contributed by atoms with Crippen LogP contribution in [0.5, 0.6) is 11.5 Å². The van der Waals surface area contributed by atoms with E-state index in [1.54, 1.807) is 24.3 Å². The second-order valence-corrected chi connectivity index (χ2v) is 11.6. The molecule has 0 radical (unpaired) electrons. The molecule has 0 amide bonds. The van der Waals surface area contributed by atoms with Crippen molar-refractivity contribution in [1.29, 1.82) is 0 Å². The number of rotatable bonds is 4. The number of benzene rings is 5. The number of halogens is 6. The van der Waals surface area contributed by atoms with Crippen LogP contribution in [0.3, 0.4) is 0 Å². The quantitative estimate of drug-likeness (QED) is 0.105. The summed E-state index contributed by atoms with van der Waals surface area (Å²) in [7, 11) is 0. The Morgan fingerprint density at radius 1 is 0.560 bits per heavy atom. The first-order valence-corrected chi connectivity index (χ1v) is 15.3. The van der Waals surface area contributed by atoms with E-state index in [1.165, 1.54) is 12.3 Å². The summed E-state index contributed by atoms with van der Waals surface area (Å²) < 4.78 is 37.8. The van der Waals surface area contributed by atoms with Gasteiger partial charge in [-0.15, -0.1) is 20.5 Å². The van der Waals surface area contributed by atoms with Crippen molar-refractivity contribution in [3.8, 4) is 11.5 Å². The zero-order valence-electron chi connectivity index (χ0n) is 25.4. The Kier molecular flexibility index (Phi) is 11.3. The Morgan fingerprint density at radius 2 is 1.08 bits per heavy atom. The zero-order valence-corrected chi connectivity index (χ0v) is 30.7. The molecule has 7 rings (SSSR count). The van der Waals surface area contributed by atoms with Crippen LogP contribution in [0, 0.1) is 0 Å². The molecule has 0 spiro atoms. The fourth-order valence-corrected chi connectivity index (χ4v) is 5.51. The summed E-state index contributed by atoms with van der Waals surface area (Å²) in [4.78, 5) is 7.63. The second kappa shape index (κ2) is 15.4. The minimum absolute atomic E-state index is 0. The first-order valence-electron chi connectivity index (χ1n) is 14.2. The van der Waals surface area contributed by atoms with Crippen molar-refractivity contribution >= 4 is 90.1 Å². The van der Waals surface area contributed by atoms with Gasteiger partial charge in [-0.3, -0.25) is 0 Å². The summed E-state index contributed by atoms with van der Waals surface area (Å²) in [5.41, 5.74) is -0.410. The third-order valence-electron chi connectivity index (χ3n) is 7.19. The van der Waals surface area contributed by atoms with Gasteiger partial charge < -0.3 is 10.2 Å². The Morgan fingerprint density at radius 3 is 1.70 bits per heavy atom. The molecular formula is C35H20Cl3F3N6O2Zn. The molecule has 2 aromatic heterocycles. The molecular weight excluding hydrogens is 765 g/mol. The van der Waals surface area contributed by atoms with Crippen molar-refractivity contribution in [2.75, 3.05) is 0 Å². The number of phenols is 2. The molecule has 0 saturated carbocycles. The normalized spacial score (nSPS) is 11.6. The van der Waals surface area contributed by atoms with Crippen molar-refractivity contribution in [2.45, 2.75) is 6.18 Å². The van der Waals surface area contributed by atoms with Gasteiger partial charge in [-0.2, -0.15) is 13.2 Å². The van der Waals surface area contributed by atoms with Crippen molar-refractivity contribution < 1.29 is 42.9 Å². The molecule has 0 aliphatic rings. The van der Waals surface area contributed by atoms with Crippen LogP contribution in [0.2, 0.25) is 15.1 Å². The van der Waals surface area contributed by atoms with Crippen molar-refractivity contribution in [3.05, 3.63) is 130 Å². The molecule has 8 nitrogen and oxygen atoms in total. The van der Waals surface area contributed by atoms with Crippen LogP contribution in [0.25, 0.3) is 32.3 Å². The molecule has 0 fully saturated rings. The van der Waals surface area contributed by atoms with Gasteiger partial charge in [0.1, 0.15) is 17.1 Å². The van der Waals surface area contributed by atoms with E-state index in [1.807, 2.05) is 60.7 Å². The number of aromatic hydroxyl groups is 2. The van der Waals surface area contributed by atoms with Gasteiger partial charge in [0.15, 0.2) is 17.4 Å². The van der Waals surface area contributed by atoms with E-state index < -0.39 is 11.7 Å². The number of azo groups is 2. The monoisotopic (exact) mass is 782 g/mol. The third-order valence-corrected chi connectivity index (χ3v) is 7.95. The van der Waals surface area contributed by atoms with E-state index in [2.05, 4.69) is 30.4 Å². The number of alkyl halides is 3. The van der Waals surface area contributed by atoms with Gasteiger partial charge in [0, 0.05) is 48.0 Å². The first-order chi connectivity index (χ1) is 23.5. The summed E-state index contributed by atoms with van der Waals surface area (Å²) in [6.45, 7) is 0. The predicted octanol–water partition coefficient (Wildman–Crippen LogP) is 12.8. The molecule has 0 aliphatic carbocycles. The van der Waals surface area contributed by atoms with Crippen molar-refractivity contribution in [2.24, 2.45) is 20.5 Å². The fourth-order valence-electron chi connectivity index (χ4n) is 4.89. The summed E-state index contributed by atoms with van der Waals surface area (Å²) in [5, 5.41) is 42.0. The van der Waals surface area contributed by atoms with E-state index in [-0.39, 0.29) is 53.3 Å². The third kappa shape index (κ3) is 7.84. The van der Waals surface area contributed by atoms with Gasteiger partial charge >= 0.3 is 6.18 Å². The van der Waals surface area contributed by atoms with Gasteiger partial charge in [-0.1, -0.05) is 114 Å². The smallest absolute Gasteiger partial charge is 0.417 e. The first kappa shape index (κ1) is 36.5. The summed E-state index contributed by atoms with van der Waals surface area (Å²) in [6, 6.07) is 28.0. The molecule has 2 heterocycles. The predicted molar refractivity (Wildman–Crippen MR) is 186 cm³/mol. The van der Waals surface area contributed by atoms with E-state index in [4.69, 9.17) is 34.8 Å². The number of hydrogen-bond acceptors (Lipinski definition) is 8. The molecule has 0 unspecified atom stereocenters. The van der Waals surface area contributed by atoms with Gasteiger partial charge in [0.2, 0.25) is 0 Å². The minimum Gasteiger partial charge on any atom is -0.506 e. The van der Waals surface area contributed by atoms with Crippen molar-refractivity contribution in [3.63, 3.8) is 0 Å². The topological polar surface area (TPSA) is 116 Å². The van der Waals surface area contributed by atoms with Gasteiger partial charge in [0.05, 0.1) is 20.6 Å². The molecule has 0 aliphatic heterocycles. The standard InChI is InChI=1S/C19H11Cl2N3O.C16H9ClF3N3O.Zn/c20-11-9-16(21)19(22-10-11)24-23-17-14-7-3-1-5-12(14)13-6-2-4-8-15(13)18(17)25;17-12-7-10(16(18,19)20)8-21-15(12)23-22-14-11-4-2-1-3-9(11)5-6-13(14)24;/h1-10,25H;1-8,24H;. The van der Waals surface area contributed by atoms with Crippen LogP contribution in [-0.4, -0.2) is 20.2 Å². The molecule has 2 N–H and O–H groups in total. The summed E-state index contributed by atoms with van der Waals surface area (Å²) in [6.07, 6.45) is -2.47. The van der Waals surface area contributed by atoms with Gasteiger partial charge in [-0.25, -0.2) is 9.97 Å². The largest absolute Gasteiger partial charge is 0.506 e. The number of aromatic nitrogens is 2. The number of fused-ring (bicyclic) bond motifs is 4. The van der Waals surface area contributed by atoms with E-state index >= 15 is 0 Å². The maximum atomic E-state index is 12.6. The maximum absolute atomic E-state index is 12.6. The SMILES string of the molecule is Oc1c(N=Nc2ncc(Cl)cc2Cl)c2ccccc2c2ccccc12.Oc1ccc2ccccc2c1N=Nc1ncc(C(F)(F)F)cc1Cl.[Zn]. The van der Waals surface area contributed by atoms with Crippen LogP contribution >= 0.6 is 34.8 Å². The van der Waals surface area contributed by atoms with Crippen LogP contribution in [0.1, 0.15) is 5.56 Å². The molecule has 7 aromatic rings. The molecule has 5 aromatic carbocycles. The molecule has 50 heavy (non-hydrogen) atoms. The van der Waals surface area contributed by atoms with E-state index in [0.29, 0.717) is 32.7 Å².